The summed E-state index contributed by atoms with van der Waals surface area (Å²) >= 11 is 0. The molecule has 3 N–H and O–H groups in total. The normalized spacial score (nSPS) is 20.0. The van der Waals surface area contributed by atoms with Crippen molar-refractivity contribution >= 4 is 21.7 Å². The summed E-state index contributed by atoms with van der Waals surface area (Å²) in [5.41, 5.74) is 0.459. The van der Waals surface area contributed by atoms with Crippen molar-refractivity contribution in [2.75, 3.05) is 17.2 Å². The summed E-state index contributed by atoms with van der Waals surface area (Å²) < 4.78 is 22.1. The molecule has 1 aliphatic heterocycles. The van der Waals surface area contributed by atoms with E-state index in [1.54, 1.807) is 18.2 Å². The van der Waals surface area contributed by atoms with E-state index in [1.807, 2.05) is 0 Å². The fraction of sp³-hybridized carbons (Fsp3) is 0.455. The number of aliphatic hydroxyl groups is 1. The van der Waals surface area contributed by atoms with Gasteiger partial charge in [-0.25, -0.2) is 18.5 Å². The van der Waals surface area contributed by atoms with E-state index < -0.39 is 10.0 Å². The Bertz CT molecular complexity index is 587. The van der Waals surface area contributed by atoms with Crippen LogP contribution in [0.1, 0.15) is 12.1 Å². The van der Waals surface area contributed by atoms with Crippen LogP contribution in [0, 0.1) is 5.92 Å². The van der Waals surface area contributed by atoms with E-state index in [0.717, 1.165) is 0 Å². The van der Waals surface area contributed by atoms with Crippen LogP contribution in [0.25, 0.3) is 0 Å². The number of primary sulfonamides is 1. The summed E-state index contributed by atoms with van der Waals surface area (Å²) in [7, 11) is -3.59. The molecule has 0 bridgehead atoms. The molecule has 1 amide bonds. The van der Waals surface area contributed by atoms with E-state index in [2.05, 4.69) is 4.98 Å². The zero-order valence-electron chi connectivity index (χ0n) is 10.2. The van der Waals surface area contributed by atoms with Gasteiger partial charge in [-0.2, -0.15) is 0 Å². The Balaban J connectivity index is 2.15. The van der Waals surface area contributed by atoms with Gasteiger partial charge in [0.2, 0.25) is 15.9 Å². The maximum absolute atomic E-state index is 11.9. The molecule has 2 rings (SSSR count). The van der Waals surface area contributed by atoms with Crippen molar-refractivity contribution in [1.29, 1.82) is 0 Å². The van der Waals surface area contributed by atoms with Crippen LogP contribution in [-0.4, -0.2) is 36.7 Å². The van der Waals surface area contributed by atoms with E-state index in [9.17, 15) is 13.2 Å². The minimum absolute atomic E-state index is 0.140. The topological polar surface area (TPSA) is 114 Å². The summed E-state index contributed by atoms with van der Waals surface area (Å²) in [4.78, 5) is 17.4. The lowest BCUT2D eigenvalue weighted by molar-refractivity contribution is -0.117. The number of aliphatic hydroxyl groups excluding tert-OH is 1. The molecule has 1 aromatic rings. The molecule has 0 spiro atoms. The van der Waals surface area contributed by atoms with Gasteiger partial charge in [0, 0.05) is 18.9 Å². The first-order valence-corrected chi connectivity index (χ1v) is 7.48. The van der Waals surface area contributed by atoms with Crippen LogP contribution in [0.4, 0.5) is 5.82 Å². The maximum Gasteiger partial charge on any atom is 0.228 e. The van der Waals surface area contributed by atoms with E-state index in [-0.39, 0.29) is 37.2 Å². The number of carbonyl (C=O) groups is 1. The van der Waals surface area contributed by atoms with Crippen LogP contribution in [0.2, 0.25) is 0 Å². The number of nitrogens with two attached hydrogens (primary N) is 1. The molecule has 0 aromatic carbocycles. The molecule has 2 heterocycles. The second-order valence-corrected chi connectivity index (χ2v) is 6.21. The molecule has 0 aliphatic carbocycles. The molecule has 1 saturated heterocycles. The molecule has 104 valence electrons. The van der Waals surface area contributed by atoms with Crippen LogP contribution in [0.15, 0.2) is 18.2 Å². The van der Waals surface area contributed by atoms with Crippen LogP contribution >= 0.6 is 0 Å². The quantitative estimate of drug-likeness (QED) is 0.753. The average molecular weight is 285 g/mol. The van der Waals surface area contributed by atoms with Gasteiger partial charge in [0.1, 0.15) is 5.82 Å². The zero-order valence-corrected chi connectivity index (χ0v) is 11.0. The number of anilines is 1. The molecule has 8 heteroatoms. The number of carbonyl (C=O) groups excluding carboxylic acids is 1. The number of hydrogen-bond acceptors (Lipinski definition) is 5. The molecule has 0 saturated carbocycles. The van der Waals surface area contributed by atoms with Gasteiger partial charge in [-0.1, -0.05) is 6.07 Å². The van der Waals surface area contributed by atoms with Crippen molar-refractivity contribution < 1.29 is 18.3 Å². The molecular weight excluding hydrogens is 270 g/mol. The molecule has 19 heavy (non-hydrogen) atoms. The third-order valence-corrected chi connectivity index (χ3v) is 3.84. The van der Waals surface area contributed by atoms with Gasteiger partial charge in [-0.3, -0.25) is 9.69 Å². The maximum atomic E-state index is 11.9. The Morgan fingerprint density at radius 1 is 1.47 bits per heavy atom. The van der Waals surface area contributed by atoms with Crippen LogP contribution in [0.3, 0.4) is 0 Å². The smallest absolute Gasteiger partial charge is 0.228 e. The van der Waals surface area contributed by atoms with Crippen LogP contribution < -0.4 is 10.0 Å². The van der Waals surface area contributed by atoms with E-state index in [1.165, 1.54) is 4.90 Å². The highest BCUT2D eigenvalue weighted by Gasteiger charge is 2.33. The second kappa shape index (κ2) is 5.24. The molecule has 1 aromatic heterocycles. The average Bonchev–Trinajstić information content (AvgIpc) is 2.68. The largest absolute Gasteiger partial charge is 0.390 e. The number of aromatic nitrogens is 1. The van der Waals surface area contributed by atoms with Gasteiger partial charge in [-0.05, 0) is 12.1 Å². The third kappa shape index (κ3) is 3.49. The molecule has 1 aliphatic rings. The predicted molar refractivity (Wildman–Crippen MR) is 68.6 cm³/mol. The van der Waals surface area contributed by atoms with Crippen molar-refractivity contribution in [3.63, 3.8) is 0 Å². The highest BCUT2D eigenvalue weighted by atomic mass is 32.2. The van der Waals surface area contributed by atoms with Gasteiger partial charge in [0.05, 0.1) is 18.1 Å². The highest BCUT2D eigenvalue weighted by molar-refractivity contribution is 7.89. The van der Waals surface area contributed by atoms with Crippen LogP contribution in [-0.2, 0) is 21.4 Å². The number of sulfonamides is 1. The Labute approximate surface area is 111 Å². The van der Waals surface area contributed by atoms with Crippen molar-refractivity contribution in [3.05, 3.63) is 23.9 Å². The standard InChI is InChI=1S/C11H15N3O4S/c12-19(17,18)7-8-4-11(16)14(5-8)10-3-1-2-9(6-15)13-10/h1-3,8,15H,4-7H2,(H2,12,17,18). The monoisotopic (exact) mass is 285 g/mol. The first-order chi connectivity index (χ1) is 8.89. The fourth-order valence-electron chi connectivity index (χ4n) is 2.15. The Hall–Kier alpha value is -1.51. The predicted octanol–water partition coefficient (Wildman–Crippen LogP) is -0.785. The van der Waals surface area contributed by atoms with Gasteiger partial charge in [0.25, 0.3) is 0 Å². The molecule has 1 unspecified atom stereocenters. The second-order valence-electron chi connectivity index (χ2n) is 4.55. The summed E-state index contributed by atoms with van der Waals surface area (Å²) in [6.07, 6.45) is 0.140. The summed E-state index contributed by atoms with van der Waals surface area (Å²) in [5.74, 6) is -0.290. The van der Waals surface area contributed by atoms with Gasteiger partial charge in [0.15, 0.2) is 0 Å². The lowest BCUT2D eigenvalue weighted by Crippen LogP contribution is -2.28. The van der Waals surface area contributed by atoms with Crippen molar-refractivity contribution in [3.8, 4) is 0 Å². The number of pyridine rings is 1. The lowest BCUT2D eigenvalue weighted by Gasteiger charge is -2.16. The zero-order chi connectivity index (χ0) is 14.0. The number of hydrogen-bond donors (Lipinski definition) is 2. The summed E-state index contributed by atoms with van der Waals surface area (Å²) in [6.45, 7) is 0.0631. The van der Waals surface area contributed by atoms with Crippen LogP contribution in [0.5, 0.6) is 0 Å². The number of amides is 1. The van der Waals surface area contributed by atoms with E-state index in [0.29, 0.717) is 11.5 Å². The minimum atomic E-state index is -3.59. The Morgan fingerprint density at radius 3 is 2.84 bits per heavy atom. The van der Waals surface area contributed by atoms with E-state index >= 15 is 0 Å². The number of nitrogens with zero attached hydrogens (tertiary/aromatic N) is 2. The molecular formula is C11H15N3O4S. The summed E-state index contributed by atoms with van der Waals surface area (Å²) in [5, 5.41) is 14.0. The number of rotatable bonds is 4. The third-order valence-electron chi connectivity index (χ3n) is 2.90. The molecule has 0 radical (unpaired) electrons. The highest BCUT2D eigenvalue weighted by Crippen LogP contribution is 2.24. The first kappa shape index (κ1) is 13.9. The van der Waals surface area contributed by atoms with Crippen molar-refractivity contribution in [1.82, 2.24) is 4.98 Å². The van der Waals surface area contributed by atoms with Gasteiger partial charge < -0.3 is 5.11 Å². The summed E-state index contributed by atoms with van der Waals surface area (Å²) in [6, 6.07) is 4.98. The lowest BCUT2D eigenvalue weighted by atomic mass is 10.1. The Kier molecular flexibility index (Phi) is 3.83. The van der Waals surface area contributed by atoms with E-state index in [4.69, 9.17) is 10.2 Å². The van der Waals surface area contributed by atoms with Gasteiger partial charge >= 0.3 is 0 Å². The molecule has 1 atom stereocenters. The molecule has 1 fully saturated rings. The van der Waals surface area contributed by atoms with Crippen molar-refractivity contribution in [2.45, 2.75) is 13.0 Å². The fourth-order valence-corrected chi connectivity index (χ4v) is 3.03. The SMILES string of the molecule is NS(=O)(=O)CC1CC(=O)N(c2cccc(CO)n2)C1. The van der Waals surface area contributed by atoms with Crippen molar-refractivity contribution in [2.24, 2.45) is 11.1 Å². The van der Waals surface area contributed by atoms with Gasteiger partial charge in [-0.15, -0.1) is 0 Å². The molecule has 7 nitrogen and oxygen atoms in total. The Morgan fingerprint density at radius 2 is 2.21 bits per heavy atom. The minimum Gasteiger partial charge on any atom is -0.390 e. The first-order valence-electron chi connectivity index (χ1n) is 5.76.